The number of rotatable bonds is 5. The molecule has 3 heteroatoms. The van der Waals surface area contributed by atoms with Gasteiger partial charge in [-0.3, -0.25) is 4.79 Å². The van der Waals surface area contributed by atoms with Crippen molar-refractivity contribution < 1.29 is 4.79 Å². The van der Waals surface area contributed by atoms with E-state index < -0.39 is 0 Å². The Bertz CT molecular complexity index is 238. The zero-order valence-corrected chi connectivity index (χ0v) is 10.9. The van der Waals surface area contributed by atoms with E-state index in [1.165, 1.54) is 0 Å². The first-order valence-electron chi connectivity index (χ1n) is 6.52. The van der Waals surface area contributed by atoms with Gasteiger partial charge in [-0.15, -0.1) is 0 Å². The summed E-state index contributed by atoms with van der Waals surface area (Å²) in [4.78, 5) is 12.1. The topological polar surface area (TPSA) is 55.1 Å². The van der Waals surface area contributed by atoms with Crippen molar-refractivity contribution in [1.82, 2.24) is 5.32 Å². The SMILES string of the molecule is CCCC(C)(C)NC(=O)[C@@H]1CCC[C@@H]1CN. The van der Waals surface area contributed by atoms with Gasteiger partial charge < -0.3 is 11.1 Å². The molecule has 0 aliphatic heterocycles. The quantitative estimate of drug-likeness (QED) is 0.754. The van der Waals surface area contributed by atoms with E-state index in [0.717, 1.165) is 32.1 Å². The first-order chi connectivity index (χ1) is 7.50. The molecule has 0 aromatic rings. The van der Waals surface area contributed by atoms with Crippen LogP contribution >= 0.6 is 0 Å². The van der Waals surface area contributed by atoms with Crippen LogP contribution in [-0.4, -0.2) is 18.0 Å². The molecule has 1 amide bonds. The van der Waals surface area contributed by atoms with E-state index in [1.54, 1.807) is 0 Å². The Balaban J connectivity index is 2.51. The van der Waals surface area contributed by atoms with Crippen LogP contribution in [0.2, 0.25) is 0 Å². The Morgan fingerprint density at radius 1 is 1.44 bits per heavy atom. The number of carbonyl (C=O) groups is 1. The van der Waals surface area contributed by atoms with E-state index in [9.17, 15) is 4.79 Å². The predicted molar refractivity (Wildman–Crippen MR) is 67.0 cm³/mol. The summed E-state index contributed by atoms with van der Waals surface area (Å²) in [7, 11) is 0. The molecule has 3 nitrogen and oxygen atoms in total. The van der Waals surface area contributed by atoms with Gasteiger partial charge in [0.15, 0.2) is 0 Å². The van der Waals surface area contributed by atoms with Gasteiger partial charge in [-0.1, -0.05) is 19.8 Å². The van der Waals surface area contributed by atoms with Crippen molar-refractivity contribution in [2.24, 2.45) is 17.6 Å². The Hall–Kier alpha value is -0.570. The van der Waals surface area contributed by atoms with Gasteiger partial charge in [0.1, 0.15) is 0 Å². The lowest BCUT2D eigenvalue weighted by Crippen LogP contribution is -2.47. The van der Waals surface area contributed by atoms with Gasteiger partial charge in [0.2, 0.25) is 5.91 Å². The highest BCUT2D eigenvalue weighted by Gasteiger charge is 2.33. The van der Waals surface area contributed by atoms with E-state index in [0.29, 0.717) is 12.5 Å². The second kappa shape index (κ2) is 5.67. The van der Waals surface area contributed by atoms with Crippen LogP contribution in [0.15, 0.2) is 0 Å². The Morgan fingerprint density at radius 2 is 2.12 bits per heavy atom. The highest BCUT2D eigenvalue weighted by Crippen LogP contribution is 2.31. The molecule has 0 saturated heterocycles. The highest BCUT2D eigenvalue weighted by atomic mass is 16.2. The number of hydrogen-bond donors (Lipinski definition) is 2. The highest BCUT2D eigenvalue weighted by molar-refractivity contribution is 5.80. The summed E-state index contributed by atoms with van der Waals surface area (Å²) in [6, 6.07) is 0. The molecule has 1 saturated carbocycles. The van der Waals surface area contributed by atoms with Gasteiger partial charge >= 0.3 is 0 Å². The average molecular weight is 226 g/mol. The summed E-state index contributed by atoms with van der Waals surface area (Å²) in [6.45, 7) is 6.99. The fourth-order valence-electron chi connectivity index (χ4n) is 2.78. The normalized spacial score (nSPS) is 25.8. The van der Waals surface area contributed by atoms with Crippen molar-refractivity contribution in [3.8, 4) is 0 Å². The van der Waals surface area contributed by atoms with E-state index in [1.807, 2.05) is 0 Å². The van der Waals surface area contributed by atoms with Crippen LogP contribution in [0, 0.1) is 11.8 Å². The molecule has 0 radical (unpaired) electrons. The van der Waals surface area contributed by atoms with E-state index in [4.69, 9.17) is 5.73 Å². The fraction of sp³-hybridized carbons (Fsp3) is 0.923. The summed E-state index contributed by atoms with van der Waals surface area (Å²) in [6.07, 6.45) is 5.39. The molecular formula is C13H26N2O. The minimum Gasteiger partial charge on any atom is -0.351 e. The molecule has 0 aromatic carbocycles. The van der Waals surface area contributed by atoms with Crippen molar-refractivity contribution in [1.29, 1.82) is 0 Å². The lowest BCUT2D eigenvalue weighted by Gasteiger charge is -2.29. The Morgan fingerprint density at radius 3 is 2.69 bits per heavy atom. The van der Waals surface area contributed by atoms with Crippen LogP contribution in [0.25, 0.3) is 0 Å². The zero-order chi connectivity index (χ0) is 12.2. The number of hydrogen-bond acceptors (Lipinski definition) is 2. The number of nitrogens with one attached hydrogen (secondary N) is 1. The van der Waals surface area contributed by atoms with Crippen LogP contribution in [-0.2, 0) is 4.79 Å². The van der Waals surface area contributed by atoms with Crippen LogP contribution < -0.4 is 11.1 Å². The van der Waals surface area contributed by atoms with E-state index in [-0.39, 0.29) is 17.4 Å². The summed E-state index contributed by atoms with van der Waals surface area (Å²) < 4.78 is 0. The maximum atomic E-state index is 12.1. The maximum Gasteiger partial charge on any atom is 0.223 e. The number of nitrogens with two attached hydrogens (primary N) is 1. The van der Waals surface area contributed by atoms with Gasteiger partial charge in [0, 0.05) is 11.5 Å². The second-order valence-electron chi connectivity index (χ2n) is 5.66. The molecule has 3 N–H and O–H groups in total. The largest absolute Gasteiger partial charge is 0.351 e. The molecule has 0 bridgehead atoms. The van der Waals surface area contributed by atoms with Gasteiger partial charge in [-0.2, -0.15) is 0 Å². The lowest BCUT2D eigenvalue weighted by molar-refractivity contribution is -0.127. The molecule has 2 atom stereocenters. The summed E-state index contributed by atoms with van der Waals surface area (Å²) in [5.41, 5.74) is 5.63. The van der Waals surface area contributed by atoms with Crippen LogP contribution in [0.3, 0.4) is 0 Å². The van der Waals surface area contributed by atoms with Crippen LogP contribution in [0.5, 0.6) is 0 Å². The molecule has 0 heterocycles. The maximum absolute atomic E-state index is 12.1. The minimum atomic E-state index is -0.0758. The molecular weight excluding hydrogens is 200 g/mol. The third-order valence-electron chi connectivity index (χ3n) is 3.64. The predicted octanol–water partition coefficient (Wildman–Crippen LogP) is 2.06. The number of carbonyl (C=O) groups excluding carboxylic acids is 1. The Labute approximate surface area is 99.2 Å². The zero-order valence-electron chi connectivity index (χ0n) is 10.9. The van der Waals surface area contributed by atoms with Crippen molar-refractivity contribution >= 4 is 5.91 Å². The molecule has 16 heavy (non-hydrogen) atoms. The molecule has 1 aliphatic carbocycles. The van der Waals surface area contributed by atoms with Crippen molar-refractivity contribution in [3.05, 3.63) is 0 Å². The number of amides is 1. The van der Waals surface area contributed by atoms with Crippen molar-refractivity contribution in [3.63, 3.8) is 0 Å². The van der Waals surface area contributed by atoms with E-state index in [2.05, 4.69) is 26.1 Å². The molecule has 1 fully saturated rings. The van der Waals surface area contributed by atoms with E-state index >= 15 is 0 Å². The summed E-state index contributed by atoms with van der Waals surface area (Å²) in [5, 5.41) is 3.17. The molecule has 0 unspecified atom stereocenters. The monoisotopic (exact) mass is 226 g/mol. The molecule has 1 rings (SSSR count). The first kappa shape index (κ1) is 13.5. The first-order valence-corrected chi connectivity index (χ1v) is 6.52. The molecule has 0 spiro atoms. The second-order valence-corrected chi connectivity index (χ2v) is 5.66. The van der Waals surface area contributed by atoms with Crippen LogP contribution in [0.1, 0.15) is 52.9 Å². The fourth-order valence-corrected chi connectivity index (χ4v) is 2.78. The summed E-state index contributed by atoms with van der Waals surface area (Å²) >= 11 is 0. The standard InChI is InChI=1S/C13H26N2O/c1-4-8-13(2,3)15-12(16)11-7-5-6-10(11)9-14/h10-11H,4-9,14H2,1-3H3,(H,15,16)/t10-,11-/m1/s1. The van der Waals surface area contributed by atoms with Gasteiger partial charge in [-0.05, 0) is 45.6 Å². The van der Waals surface area contributed by atoms with Gasteiger partial charge in [-0.25, -0.2) is 0 Å². The van der Waals surface area contributed by atoms with Crippen LogP contribution in [0.4, 0.5) is 0 Å². The average Bonchev–Trinajstić information content (AvgIpc) is 2.64. The summed E-state index contributed by atoms with van der Waals surface area (Å²) in [5.74, 6) is 0.768. The Kier molecular flexibility index (Phi) is 4.78. The van der Waals surface area contributed by atoms with Crippen molar-refractivity contribution in [2.45, 2.75) is 58.4 Å². The van der Waals surface area contributed by atoms with Crippen molar-refractivity contribution in [2.75, 3.05) is 6.54 Å². The third kappa shape index (κ3) is 3.48. The van der Waals surface area contributed by atoms with Gasteiger partial charge in [0.25, 0.3) is 0 Å². The molecule has 0 aromatic heterocycles. The lowest BCUT2D eigenvalue weighted by atomic mass is 9.92. The molecule has 94 valence electrons. The third-order valence-corrected chi connectivity index (χ3v) is 3.64. The smallest absolute Gasteiger partial charge is 0.223 e. The minimum absolute atomic E-state index is 0.0758. The molecule has 1 aliphatic rings. The van der Waals surface area contributed by atoms with Gasteiger partial charge in [0.05, 0.1) is 0 Å².